The van der Waals surface area contributed by atoms with Gasteiger partial charge in [-0.1, -0.05) is 39.5 Å². The van der Waals surface area contributed by atoms with Crippen LogP contribution < -0.4 is 0 Å². The molecule has 0 bridgehead atoms. The second-order valence-corrected chi connectivity index (χ2v) is 3.39. The maximum atomic E-state index is 9.37. The molecular weight excluding hydrogens is 152 g/mol. The van der Waals surface area contributed by atoms with Gasteiger partial charge in [-0.05, 0) is 12.8 Å². The molecule has 0 aromatic rings. The van der Waals surface area contributed by atoms with E-state index in [2.05, 4.69) is 6.92 Å². The zero-order valence-corrected chi connectivity index (χ0v) is 8.29. The summed E-state index contributed by atoms with van der Waals surface area (Å²) in [4.78, 5) is 0. The summed E-state index contributed by atoms with van der Waals surface area (Å²) in [5.74, 6) is 0. The lowest BCUT2D eigenvalue weighted by molar-refractivity contribution is 0.0114. The zero-order valence-electron chi connectivity index (χ0n) is 8.29. The van der Waals surface area contributed by atoms with Gasteiger partial charge in [0.05, 0.1) is 12.2 Å². The first-order valence-corrected chi connectivity index (χ1v) is 5.08. The highest BCUT2D eigenvalue weighted by Gasteiger charge is 2.12. The van der Waals surface area contributed by atoms with Gasteiger partial charge in [0, 0.05) is 0 Å². The highest BCUT2D eigenvalue weighted by atomic mass is 16.3. The maximum absolute atomic E-state index is 9.37. The summed E-state index contributed by atoms with van der Waals surface area (Å²) >= 11 is 0. The summed E-state index contributed by atoms with van der Waals surface area (Å²) in [5, 5.41) is 18.6. The van der Waals surface area contributed by atoms with E-state index in [9.17, 15) is 10.2 Å². The van der Waals surface area contributed by atoms with Crippen molar-refractivity contribution in [1.82, 2.24) is 0 Å². The number of hydrogen-bond acceptors (Lipinski definition) is 2. The Hall–Kier alpha value is -0.0800. The van der Waals surface area contributed by atoms with Crippen LogP contribution in [0.2, 0.25) is 0 Å². The van der Waals surface area contributed by atoms with E-state index < -0.39 is 12.2 Å². The molecule has 0 saturated carbocycles. The Morgan fingerprint density at radius 1 is 0.917 bits per heavy atom. The highest BCUT2D eigenvalue weighted by Crippen LogP contribution is 2.09. The van der Waals surface area contributed by atoms with Crippen molar-refractivity contribution in [3.05, 3.63) is 0 Å². The largest absolute Gasteiger partial charge is 0.390 e. The molecule has 0 aromatic carbocycles. The topological polar surface area (TPSA) is 40.5 Å². The monoisotopic (exact) mass is 174 g/mol. The summed E-state index contributed by atoms with van der Waals surface area (Å²) in [6.07, 6.45) is 5.01. The van der Waals surface area contributed by atoms with E-state index in [1.54, 1.807) is 0 Å². The molecule has 0 rings (SSSR count). The predicted molar refractivity (Wildman–Crippen MR) is 51.1 cm³/mol. The van der Waals surface area contributed by atoms with Crippen LogP contribution in [0.4, 0.5) is 0 Å². The first-order valence-electron chi connectivity index (χ1n) is 5.08. The maximum Gasteiger partial charge on any atom is 0.0799 e. The fourth-order valence-electron chi connectivity index (χ4n) is 1.24. The standard InChI is InChI=1S/C10H22O2/c1-3-5-6-7-8-10(12)9(11)4-2/h9-12H,3-8H2,1-2H3. The van der Waals surface area contributed by atoms with Gasteiger partial charge in [0.25, 0.3) is 0 Å². The van der Waals surface area contributed by atoms with Crippen LogP contribution in [-0.4, -0.2) is 22.4 Å². The van der Waals surface area contributed by atoms with Crippen molar-refractivity contribution < 1.29 is 10.2 Å². The van der Waals surface area contributed by atoms with Crippen molar-refractivity contribution in [2.75, 3.05) is 0 Å². The van der Waals surface area contributed by atoms with Gasteiger partial charge >= 0.3 is 0 Å². The molecule has 0 aliphatic rings. The van der Waals surface area contributed by atoms with Gasteiger partial charge in [-0.2, -0.15) is 0 Å². The molecule has 0 heterocycles. The Labute approximate surface area is 75.6 Å². The van der Waals surface area contributed by atoms with E-state index in [0.717, 1.165) is 12.8 Å². The number of aliphatic hydroxyl groups is 2. The van der Waals surface area contributed by atoms with E-state index in [-0.39, 0.29) is 0 Å². The lowest BCUT2D eigenvalue weighted by Crippen LogP contribution is -2.24. The number of rotatable bonds is 7. The SMILES string of the molecule is CCCCCCC(O)C(O)CC. The minimum Gasteiger partial charge on any atom is -0.390 e. The Kier molecular flexibility index (Phi) is 7.51. The van der Waals surface area contributed by atoms with Gasteiger partial charge in [0.2, 0.25) is 0 Å². The van der Waals surface area contributed by atoms with Gasteiger partial charge in [0.1, 0.15) is 0 Å². The van der Waals surface area contributed by atoms with E-state index in [4.69, 9.17) is 0 Å². The molecule has 74 valence electrons. The Morgan fingerprint density at radius 2 is 1.58 bits per heavy atom. The average Bonchev–Trinajstić information content (AvgIpc) is 2.10. The molecule has 0 amide bonds. The summed E-state index contributed by atoms with van der Waals surface area (Å²) in [6.45, 7) is 4.05. The molecule has 2 unspecified atom stereocenters. The molecule has 0 aliphatic carbocycles. The summed E-state index contributed by atoms with van der Waals surface area (Å²) in [7, 11) is 0. The van der Waals surface area contributed by atoms with Crippen molar-refractivity contribution in [3.63, 3.8) is 0 Å². The van der Waals surface area contributed by atoms with Crippen molar-refractivity contribution in [2.45, 2.75) is 64.6 Å². The average molecular weight is 174 g/mol. The molecule has 2 nitrogen and oxygen atoms in total. The Balaban J connectivity index is 3.24. The van der Waals surface area contributed by atoms with Crippen molar-refractivity contribution in [3.8, 4) is 0 Å². The van der Waals surface area contributed by atoms with Gasteiger partial charge in [0.15, 0.2) is 0 Å². The fourth-order valence-corrected chi connectivity index (χ4v) is 1.24. The van der Waals surface area contributed by atoms with Gasteiger partial charge in [-0.25, -0.2) is 0 Å². The van der Waals surface area contributed by atoms with Crippen molar-refractivity contribution in [1.29, 1.82) is 0 Å². The summed E-state index contributed by atoms with van der Waals surface area (Å²) in [5.41, 5.74) is 0. The van der Waals surface area contributed by atoms with E-state index in [1.165, 1.54) is 19.3 Å². The smallest absolute Gasteiger partial charge is 0.0799 e. The number of hydrogen-bond donors (Lipinski definition) is 2. The lowest BCUT2D eigenvalue weighted by atomic mass is 10.0. The second kappa shape index (κ2) is 7.56. The van der Waals surface area contributed by atoms with Crippen LogP contribution in [0.3, 0.4) is 0 Å². The van der Waals surface area contributed by atoms with E-state index >= 15 is 0 Å². The van der Waals surface area contributed by atoms with Gasteiger partial charge in [-0.3, -0.25) is 0 Å². The van der Waals surface area contributed by atoms with Gasteiger partial charge < -0.3 is 10.2 Å². The quantitative estimate of drug-likeness (QED) is 0.580. The Bertz CT molecular complexity index is 93.8. The minimum absolute atomic E-state index is 0.508. The first kappa shape index (κ1) is 11.9. The molecule has 0 radical (unpaired) electrons. The van der Waals surface area contributed by atoms with Crippen LogP contribution in [0, 0.1) is 0 Å². The molecule has 0 aliphatic heterocycles. The minimum atomic E-state index is -0.522. The molecule has 2 atom stereocenters. The number of aliphatic hydroxyl groups excluding tert-OH is 2. The second-order valence-electron chi connectivity index (χ2n) is 3.39. The molecule has 0 fully saturated rings. The first-order chi connectivity index (χ1) is 5.72. The molecule has 2 heteroatoms. The fraction of sp³-hybridized carbons (Fsp3) is 1.00. The van der Waals surface area contributed by atoms with Gasteiger partial charge in [-0.15, -0.1) is 0 Å². The predicted octanol–water partition coefficient (Wildman–Crippen LogP) is 2.09. The normalized spacial score (nSPS) is 16.0. The van der Waals surface area contributed by atoms with E-state index in [0.29, 0.717) is 6.42 Å². The molecule has 0 saturated heterocycles. The molecule has 12 heavy (non-hydrogen) atoms. The number of unbranched alkanes of at least 4 members (excludes halogenated alkanes) is 3. The third kappa shape index (κ3) is 5.56. The molecular formula is C10H22O2. The van der Waals surface area contributed by atoms with Crippen molar-refractivity contribution >= 4 is 0 Å². The lowest BCUT2D eigenvalue weighted by Gasteiger charge is -2.15. The summed E-state index contributed by atoms with van der Waals surface area (Å²) in [6, 6.07) is 0. The van der Waals surface area contributed by atoms with Crippen LogP contribution in [0.1, 0.15) is 52.4 Å². The molecule has 0 spiro atoms. The van der Waals surface area contributed by atoms with Crippen LogP contribution in [0.25, 0.3) is 0 Å². The molecule has 2 N–H and O–H groups in total. The van der Waals surface area contributed by atoms with Crippen LogP contribution >= 0.6 is 0 Å². The van der Waals surface area contributed by atoms with Crippen LogP contribution in [0.15, 0.2) is 0 Å². The Morgan fingerprint density at radius 3 is 2.08 bits per heavy atom. The zero-order chi connectivity index (χ0) is 9.40. The van der Waals surface area contributed by atoms with Crippen LogP contribution in [-0.2, 0) is 0 Å². The molecule has 0 aromatic heterocycles. The van der Waals surface area contributed by atoms with E-state index in [1.807, 2.05) is 6.92 Å². The summed E-state index contributed by atoms with van der Waals surface area (Å²) < 4.78 is 0. The van der Waals surface area contributed by atoms with Crippen LogP contribution in [0.5, 0.6) is 0 Å². The third-order valence-electron chi connectivity index (χ3n) is 2.22. The third-order valence-corrected chi connectivity index (χ3v) is 2.22. The highest BCUT2D eigenvalue weighted by molar-refractivity contribution is 4.64. The van der Waals surface area contributed by atoms with Crippen molar-refractivity contribution in [2.24, 2.45) is 0 Å².